The van der Waals surface area contributed by atoms with Gasteiger partial charge < -0.3 is 5.32 Å². The lowest BCUT2D eigenvalue weighted by Crippen LogP contribution is -2.08. The molecule has 0 spiro atoms. The van der Waals surface area contributed by atoms with E-state index in [4.69, 9.17) is 0 Å². The molecule has 0 aliphatic carbocycles. The van der Waals surface area contributed by atoms with Gasteiger partial charge in [-0.15, -0.1) is 0 Å². The molecule has 1 atom stereocenters. The first-order chi connectivity index (χ1) is 9.16. The van der Waals surface area contributed by atoms with Gasteiger partial charge in [0.1, 0.15) is 5.82 Å². The zero-order chi connectivity index (χ0) is 13.7. The highest BCUT2D eigenvalue weighted by molar-refractivity contribution is 9.10. The van der Waals surface area contributed by atoms with E-state index in [2.05, 4.69) is 76.5 Å². The van der Waals surface area contributed by atoms with Crippen LogP contribution >= 0.6 is 15.9 Å². The van der Waals surface area contributed by atoms with Crippen LogP contribution in [0, 0.1) is 6.92 Å². The summed E-state index contributed by atoms with van der Waals surface area (Å²) in [6.07, 6.45) is 2.93. The Hall–Kier alpha value is -1.35. The Kier molecular flexibility index (Phi) is 4.97. The third kappa shape index (κ3) is 4.06. The normalized spacial score (nSPS) is 12.2. The first-order valence-corrected chi connectivity index (χ1v) is 7.37. The Morgan fingerprint density at radius 3 is 2.68 bits per heavy atom. The number of halogens is 1. The lowest BCUT2D eigenvalue weighted by atomic mass is 9.98. The first kappa shape index (κ1) is 14.1. The fraction of sp³-hybridized carbons (Fsp3) is 0.312. The maximum atomic E-state index is 4.39. The summed E-state index contributed by atoms with van der Waals surface area (Å²) in [5.41, 5.74) is 2.56. The van der Waals surface area contributed by atoms with Crippen molar-refractivity contribution in [3.8, 4) is 0 Å². The number of aryl methyl sites for hydroxylation is 1. The van der Waals surface area contributed by atoms with Crippen molar-refractivity contribution in [3.63, 3.8) is 0 Å². The van der Waals surface area contributed by atoms with Crippen molar-refractivity contribution in [2.75, 3.05) is 11.9 Å². The zero-order valence-electron chi connectivity index (χ0n) is 11.4. The maximum absolute atomic E-state index is 4.39. The molecular weight excluding hydrogens is 300 g/mol. The molecule has 0 aliphatic heterocycles. The number of nitrogens with zero attached hydrogens (tertiary/aromatic N) is 1. The molecular formula is C16H19BrN2. The van der Waals surface area contributed by atoms with Crippen LogP contribution in [0.25, 0.3) is 0 Å². The van der Waals surface area contributed by atoms with Crippen LogP contribution in [0.3, 0.4) is 0 Å². The topological polar surface area (TPSA) is 24.9 Å². The van der Waals surface area contributed by atoms with Crippen molar-refractivity contribution in [1.29, 1.82) is 0 Å². The summed E-state index contributed by atoms with van der Waals surface area (Å²) < 4.78 is 1.02. The average Bonchev–Trinajstić information content (AvgIpc) is 2.42. The van der Waals surface area contributed by atoms with Crippen molar-refractivity contribution in [1.82, 2.24) is 4.98 Å². The standard InChI is InChI=1S/C16H19BrN2/c1-12(14-6-4-3-5-7-14)8-9-18-16-13(2)10-15(17)11-19-16/h3-7,10-12H,8-9H2,1-2H3,(H,18,19). The van der Waals surface area contributed by atoms with E-state index in [1.807, 2.05) is 6.20 Å². The van der Waals surface area contributed by atoms with Gasteiger partial charge in [-0.2, -0.15) is 0 Å². The van der Waals surface area contributed by atoms with E-state index < -0.39 is 0 Å². The fourth-order valence-corrected chi connectivity index (χ4v) is 2.53. The first-order valence-electron chi connectivity index (χ1n) is 6.58. The molecule has 0 fully saturated rings. The molecule has 0 saturated heterocycles. The van der Waals surface area contributed by atoms with Gasteiger partial charge in [-0.3, -0.25) is 0 Å². The quantitative estimate of drug-likeness (QED) is 0.859. The third-order valence-corrected chi connectivity index (χ3v) is 3.72. The molecule has 2 aromatic rings. The van der Waals surface area contributed by atoms with Crippen molar-refractivity contribution in [3.05, 3.63) is 58.2 Å². The molecule has 2 rings (SSSR count). The van der Waals surface area contributed by atoms with E-state index in [0.717, 1.165) is 23.3 Å². The second-order valence-electron chi connectivity index (χ2n) is 4.85. The molecule has 100 valence electrons. The number of aromatic nitrogens is 1. The molecule has 0 amide bonds. The Balaban J connectivity index is 1.86. The number of hydrogen-bond acceptors (Lipinski definition) is 2. The maximum Gasteiger partial charge on any atom is 0.128 e. The molecule has 2 nitrogen and oxygen atoms in total. The molecule has 1 N–H and O–H groups in total. The highest BCUT2D eigenvalue weighted by Gasteiger charge is 2.05. The predicted molar refractivity (Wildman–Crippen MR) is 84.6 cm³/mol. The summed E-state index contributed by atoms with van der Waals surface area (Å²) in [5.74, 6) is 1.54. The van der Waals surface area contributed by atoms with Crippen LogP contribution in [0.5, 0.6) is 0 Å². The smallest absolute Gasteiger partial charge is 0.128 e. The van der Waals surface area contributed by atoms with Crippen LogP contribution in [-0.2, 0) is 0 Å². The molecule has 1 unspecified atom stereocenters. The van der Waals surface area contributed by atoms with E-state index in [1.165, 1.54) is 11.1 Å². The van der Waals surface area contributed by atoms with Crippen LogP contribution in [0.4, 0.5) is 5.82 Å². The summed E-state index contributed by atoms with van der Waals surface area (Å²) in [7, 11) is 0. The summed E-state index contributed by atoms with van der Waals surface area (Å²) in [4.78, 5) is 4.39. The second-order valence-corrected chi connectivity index (χ2v) is 5.76. The number of pyridine rings is 1. The van der Waals surface area contributed by atoms with Gasteiger partial charge in [-0.05, 0) is 52.4 Å². The summed E-state index contributed by atoms with van der Waals surface area (Å²) in [6, 6.07) is 12.7. The van der Waals surface area contributed by atoms with Gasteiger partial charge in [0.05, 0.1) is 0 Å². The predicted octanol–water partition coefficient (Wildman–Crippen LogP) is 4.76. The summed E-state index contributed by atoms with van der Waals surface area (Å²) >= 11 is 3.43. The largest absolute Gasteiger partial charge is 0.370 e. The molecule has 1 aromatic carbocycles. The SMILES string of the molecule is Cc1cc(Br)cnc1NCCC(C)c1ccccc1. The van der Waals surface area contributed by atoms with E-state index in [9.17, 15) is 0 Å². The lowest BCUT2D eigenvalue weighted by Gasteiger charge is -2.13. The minimum atomic E-state index is 0.560. The third-order valence-electron chi connectivity index (χ3n) is 3.28. The highest BCUT2D eigenvalue weighted by atomic mass is 79.9. The van der Waals surface area contributed by atoms with E-state index in [0.29, 0.717) is 5.92 Å². The number of nitrogens with one attached hydrogen (secondary N) is 1. The van der Waals surface area contributed by atoms with Crippen LogP contribution < -0.4 is 5.32 Å². The minimum Gasteiger partial charge on any atom is -0.370 e. The van der Waals surface area contributed by atoms with Crippen LogP contribution in [0.1, 0.15) is 30.4 Å². The van der Waals surface area contributed by atoms with Gasteiger partial charge in [0.15, 0.2) is 0 Å². The van der Waals surface area contributed by atoms with Crippen LogP contribution in [0.2, 0.25) is 0 Å². The Morgan fingerprint density at radius 2 is 2.00 bits per heavy atom. The Morgan fingerprint density at radius 1 is 1.26 bits per heavy atom. The molecule has 0 saturated carbocycles. The van der Waals surface area contributed by atoms with Crippen molar-refractivity contribution in [2.45, 2.75) is 26.2 Å². The molecule has 1 aromatic heterocycles. The molecule has 3 heteroatoms. The number of rotatable bonds is 5. The Labute approximate surface area is 123 Å². The fourth-order valence-electron chi connectivity index (χ4n) is 2.08. The van der Waals surface area contributed by atoms with Gasteiger partial charge in [-0.1, -0.05) is 37.3 Å². The van der Waals surface area contributed by atoms with Gasteiger partial charge in [-0.25, -0.2) is 4.98 Å². The van der Waals surface area contributed by atoms with Gasteiger partial charge in [0, 0.05) is 17.2 Å². The molecule has 19 heavy (non-hydrogen) atoms. The molecule has 0 bridgehead atoms. The summed E-state index contributed by atoms with van der Waals surface area (Å²) in [5, 5.41) is 3.41. The van der Waals surface area contributed by atoms with E-state index in [-0.39, 0.29) is 0 Å². The van der Waals surface area contributed by atoms with Gasteiger partial charge in [0.2, 0.25) is 0 Å². The van der Waals surface area contributed by atoms with Crippen molar-refractivity contribution >= 4 is 21.7 Å². The number of anilines is 1. The number of hydrogen-bond donors (Lipinski definition) is 1. The lowest BCUT2D eigenvalue weighted by molar-refractivity contribution is 0.704. The second kappa shape index (κ2) is 6.71. The molecule has 1 heterocycles. The van der Waals surface area contributed by atoms with Gasteiger partial charge >= 0.3 is 0 Å². The minimum absolute atomic E-state index is 0.560. The Bertz CT molecular complexity index is 526. The van der Waals surface area contributed by atoms with Crippen molar-refractivity contribution in [2.24, 2.45) is 0 Å². The van der Waals surface area contributed by atoms with E-state index in [1.54, 1.807) is 0 Å². The average molecular weight is 319 g/mol. The van der Waals surface area contributed by atoms with E-state index >= 15 is 0 Å². The zero-order valence-corrected chi connectivity index (χ0v) is 12.9. The molecule has 0 radical (unpaired) electrons. The van der Waals surface area contributed by atoms with Crippen LogP contribution in [0.15, 0.2) is 47.1 Å². The highest BCUT2D eigenvalue weighted by Crippen LogP contribution is 2.20. The van der Waals surface area contributed by atoms with Crippen molar-refractivity contribution < 1.29 is 0 Å². The molecule has 0 aliphatic rings. The monoisotopic (exact) mass is 318 g/mol. The summed E-state index contributed by atoms with van der Waals surface area (Å²) in [6.45, 7) is 5.27. The van der Waals surface area contributed by atoms with Crippen LogP contribution in [-0.4, -0.2) is 11.5 Å². The number of benzene rings is 1. The van der Waals surface area contributed by atoms with Gasteiger partial charge in [0.25, 0.3) is 0 Å².